The van der Waals surface area contributed by atoms with Crippen LogP contribution in [0.15, 0.2) is 40.1 Å². The first-order valence-electron chi connectivity index (χ1n) is 9.61. The maximum absolute atomic E-state index is 12.2. The Hall–Kier alpha value is -2.48. The summed E-state index contributed by atoms with van der Waals surface area (Å²) in [4.78, 5) is 27.7. The number of rotatable bonds is 3. The fraction of sp³-hybridized carbons (Fsp3) is 0.429. The lowest BCUT2D eigenvalue weighted by molar-refractivity contribution is 0.0207. The lowest BCUT2D eigenvalue weighted by Gasteiger charge is -2.32. The maximum Gasteiger partial charge on any atom is 0.410 e. The van der Waals surface area contributed by atoms with Crippen molar-refractivity contribution in [1.29, 1.82) is 0 Å². The normalized spacial score (nSPS) is 16.6. The number of fused-ring (bicyclic) bond motifs is 1. The highest BCUT2D eigenvalue weighted by molar-refractivity contribution is 9.10. The third-order valence-electron chi connectivity index (χ3n) is 4.52. The Kier molecular flexibility index (Phi) is 6.52. The number of hydrogen-bond donors (Lipinski definition) is 1. The van der Waals surface area contributed by atoms with Crippen molar-refractivity contribution in [3.63, 3.8) is 0 Å². The molecule has 1 amide bonds. The summed E-state index contributed by atoms with van der Waals surface area (Å²) in [6.45, 7) is 6.87. The molecule has 0 saturated carbocycles. The predicted octanol–water partition coefficient (Wildman–Crippen LogP) is 4.16. The second kappa shape index (κ2) is 8.90. The van der Waals surface area contributed by atoms with Gasteiger partial charge in [0.1, 0.15) is 5.60 Å². The predicted molar refractivity (Wildman–Crippen MR) is 119 cm³/mol. The summed E-state index contributed by atoms with van der Waals surface area (Å²) in [5.74, 6) is 0. The molecule has 2 heterocycles. The van der Waals surface area contributed by atoms with E-state index in [1.165, 1.54) is 6.20 Å². The van der Waals surface area contributed by atoms with Crippen molar-refractivity contribution in [3.05, 3.63) is 40.8 Å². The summed E-state index contributed by atoms with van der Waals surface area (Å²) < 4.78 is 6.38. The minimum Gasteiger partial charge on any atom is -0.444 e. The van der Waals surface area contributed by atoms with Gasteiger partial charge >= 0.3 is 6.09 Å². The summed E-state index contributed by atoms with van der Waals surface area (Å²) in [7, 11) is 0. The van der Waals surface area contributed by atoms with E-state index in [-0.39, 0.29) is 12.1 Å². The van der Waals surface area contributed by atoms with Crippen LogP contribution in [0.2, 0.25) is 0 Å². The first kappa shape index (κ1) is 21.2. The number of piperidine rings is 1. The van der Waals surface area contributed by atoms with Crippen LogP contribution in [-0.4, -0.2) is 51.9 Å². The molecule has 154 valence electrons. The van der Waals surface area contributed by atoms with Gasteiger partial charge in [0, 0.05) is 35.5 Å². The molecule has 1 saturated heterocycles. The number of benzene rings is 1. The second-order valence-corrected chi connectivity index (χ2v) is 8.90. The van der Waals surface area contributed by atoms with Crippen molar-refractivity contribution >= 4 is 44.8 Å². The molecule has 1 aliphatic rings. The monoisotopic (exact) mass is 459 g/mol. The lowest BCUT2D eigenvalue weighted by atomic mass is 10.1. The van der Waals surface area contributed by atoms with E-state index < -0.39 is 5.60 Å². The van der Waals surface area contributed by atoms with Crippen molar-refractivity contribution in [2.45, 2.75) is 45.3 Å². The highest BCUT2D eigenvalue weighted by Crippen LogP contribution is 2.20. The standard InChI is InChI=1S/C21H26BrN5O2/c1-21(2,3)29-20(28)27-8-6-16(7-9-27)24-12-14(11-23)19-13-25-17-5-4-15(22)10-18(17)26-19/h4-5,10-13,16H,6-9,23H2,1-3H3. The number of nitrogens with two attached hydrogens (primary N) is 1. The average Bonchev–Trinajstić information content (AvgIpc) is 2.67. The van der Waals surface area contributed by atoms with E-state index in [9.17, 15) is 4.79 Å². The van der Waals surface area contributed by atoms with Gasteiger partial charge in [-0.15, -0.1) is 0 Å². The SMILES string of the molecule is CC(C)(C)OC(=O)N1CCC(N=CC(=CN)c2cnc3ccc(Br)cc3n2)CC1. The Balaban J connectivity index is 1.63. The number of carbonyl (C=O) groups is 1. The van der Waals surface area contributed by atoms with Gasteiger partial charge in [-0.05, 0) is 51.8 Å². The number of aromatic nitrogens is 2. The molecule has 0 atom stereocenters. The maximum atomic E-state index is 12.2. The molecular weight excluding hydrogens is 434 g/mol. The Labute approximate surface area is 179 Å². The van der Waals surface area contributed by atoms with Gasteiger partial charge in [0.05, 0.1) is 29.0 Å². The molecule has 8 heteroatoms. The number of amides is 1. The first-order chi connectivity index (χ1) is 13.7. The molecule has 1 aliphatic heterocycles. The number of aliphatic imine (C=N–C) groups is 1. The van der Waals surface area contributed by atoms with E-state index in [2.05, 4.69) is 30.9 Å². The van der Waals surface area contributed by atoms with Crippen LogP contribution < -0.4 is 5.73 Å². The van der Waals surface area contributed by atoms with Gasteiger partial charge in [-0.25, -0.2) is 9.78 Å². The number of halogens is 1. The molecule has 3 rings (SSSR count). The van der Waals surface area contributed by atoms with E-state index in [1.807, 2.05) is 39.0 Å². The second-order valence-electron chi connectivity index (χ2n) is 7.99. The minimum atomic E-state index is -0.483. The molecule has 0 spiro atoms. The molecule has 0 radical (unpaired) electrons. The molecule has 1 aromatic heterocycles. The van der Waals surface area contributed by atoms with Gasteiger partial charge in [0.15, 0.2) is 0 Å². The molecule has 2 N–H and O–H groups in total. The topological polar surface area (TPSA) is 93.7 Å². The first-order valence-corrected chi connectivity index (χ1v) is 10.4. The zero-order valence-corrected chi connectivity index (χ0v) is 18.5. The van der Waals surface area contributed by atoms with Crippen LogP contribution in [0.4, 0.5) is 4.79 Å². The molecule has 0 unspecified atom stereocenters. The Bertz CT molecular complexity index is 944. The Morgan fingerprint density at radius 2 is 2.03 bits per heavy atom. The summed E-state index contributed by atoms with van der Waals surface area (Å²) >= 11 is 3.45. The highest BCUT2D eigenvalue weighted by atomic mass is 79.9. The largest absolute Gasteiger partial charge is 0.444 e. The van der Waals surface area contributed by atoms with Crippen LogP contribution in [0.3, 0.4) is 0 Å². The smallest absolute Gasteiger partial charge is 0.410 e. The van der Waals surface area contributed by atoms with E-state index in [1.54, 1.807) is 17.3 Å². The summed E-state index contributed by atoms with van der Waals surface area (Å²) in [5, 5.41) is 0. The number of allylic oxidation sites excluding steroid dienone is 1. The summed E-state index contributed by atoms with van der Waals surface area (Å²) in [6.07, 6.45) is 6.24. The van der Waals surface area contributed by atoms with Gasteiger partial charge < -0.3 is 15.4 Å². The summed E-state index contributed by atoms with van der Waals surface area (Å²) in [5.41, 5.74) is 8.33. The zero-order chi connectivity index (χ0) is 21.0. The Morgan fingerprint density at radius 3 is 2.69 bits per heavy atom. The molecule has 1 aromatic carbocycles. The van der Waals surface area contributed by atoms with E-state index in [4.69, 9.17) is 10.5 Å². The van der Waals surface area contributed by atoms with Gasteiger partial charge in [-0.2, -0.15) is 0 Å². The highest BCUT2D eigenvalue weighted by Gasteiger charge is 2.26. The third kappa shape index (κ3) is 5.76. The van der Waals surface area contributed by atoms with Gasteiger partial charge in [-0.3, -0.25) is 9.98 Å². The molecule has 29 heavy (non-hydrogen) atoms. The number of hydrogen-bond acceptors (Lipinski definition) is 6. The van der Waals surface area contributed by atoms with Crippen LogP contribution in [0, 0.1) is 0 Å². The van der Waals surface area contributed by atoms with Crippen LogP contribution in [-0.2, 0) is 4.74 Å². The van der Waals surface area contributed by atoms with Crippen LogP contribution in [0.5, 0.6) is 0 Å². The van der Waals surface area contributed by atoms with E-state index >= 15 is 0 Å². The lowest BCUT2D eigenvalue weighted by Crippen LogP contribution is -2.42. The molecule has 2 aromatic rings. The van der Waals surface area contributed by atoms with Gasteiger partial charge in [0.2, 0.25) is 0 Å². The average molecular weight is 460 g/mol. The number of ether oxygens (including phenoxy) is 1. The van der Waals surface area contributed by atoms with Crippen molar-refractivity contribution < 1.29 is 9.53 Å². The van der Waals surface area contributed by atoms with Crippen molar-refractivity contribution in [2.75, 3.05) is 13.1 Å². The van der Waals surface area contributed by atoms with Crippen molar-refractivity contribution in [1.82, 2.24) is 14.9 Å². The van der Waals surface area contributed by atoms with E-state index in [0.717, 1.165) is 28.3 Å². The van der Waals surface area contributed by atoms with Crippen molar-refractivity contribution in [3.8, 4) is 0 Å². The fourth-order valence-corrected chi connectivity index (χ4v) is 3.38. The molecular formula is C21H26BrN5O2. The zero-order valence-electron chi connectivity index (χ0n) is 16.9. The summed E-state index contributed by atoms with van der Waals surface area (Å²) in [6, 6.07) is 5.89. The Morgan fingerprint density at radius 1 is 1.31 bits per heavy atom. The third-order valence-corrected chi connectivity index (χ3v) is 5.01. The van der Waals surface area contributed by atoms with Crippen LogP contribution >= 0.6 is 15.9 Å². The molecule has 7 nitrogen and oxygen atoms in total. The van der Waals surface area contributed by atoms with Crippen LogP contribution in [0.1, 0.15) is 39.3 Å². The molecule has 0 bridgehead atoms. The number of nitrogens with zero attached hydrogens (tertiary/aromatic N) is 4. The molecule has 1 fully saturated rings. The van der Waals surface area contributed by atoms with E-state index in [0.29, 0.717) is 24.4 Å². The molecule has 0 aliphatic carbocycles. The van der Waals surface area contributed by atoms with Gasteiger partial charge in [0.25, 0.3) is 0 Å². The number of likely N-dealkylation sites (tertiary alicyclic amines) is 1. The quantitative estimate of drug-likeness (QED) is 0.695. The van der Waals surface area contributed by atoms with Crippen LogP contribution in [0.25, 0.3) is 16.6 Å². The number of carbonyl (C=O) groups excluding carboxylic acids is 1. The van der Waals surface area contributed by atoms with Crippen molar-refractivity contribution in [2.24, 2.45) is 10.7 Å². The minimum absolute atomic E-state index is 0.131. The fourth-order valence-electron chi connectivity index (χ4n) is 3.03. The van der Waals surface area contributed by atoms with Gasteiger partial charge in [-0.1, -0.05) is 15.9 Å².